The van der Waals surface area contributed by atoms with Crippen molar-refractivity contribution in [1.29, 1.82) is 0 Å². The van der Waals surface area contributed by atoms with Crippen molar-refractivity contribution < 1.29 is 9.32 Å². The van der Waals surface area contributed by atoms with Crippen LogP contribution in [0.3, 0.4) is 0 Å². The van der Waals surface area contributed by atoms with Crippen molar-refractivity contribution in [1.82, 2.24) is 20.4 Å². The lowest BCUT2D eigenvalue weighted by Gasteiger charge is -2.34. The third-order valence-electron chi connectivity index (χ3n) is 4.80. The lowest BCUT2D eigenvalue weighted by Crippen LogP contribution is -2.49. The highest BCUT2D eigenvalue weighted by atomic mass is 35.5. The zero-order valence-corrected chi connectivity index (χ0v) is 15.6. The van der Waals surface area contributed by atoms with Gasteiger partial charge in [-0.2, -0.15) is 4.98 Å². The van der Waals surface area contributed by atoms with E-state index in [4.69, 9.17) is 16.1 Å². The van der Waals surface area contributed by atoms with Gasteiger partial charge in [0.2, 0.25) is 17.6 Å². The topological polar surface area (TPSA) is 71.3 Å². The summed E-state index contributed by atoms with van der Waals surface area (Å²) in [7, 11) is 1.66. The van der Waals surface area contributed by atoms with Crippen LogP contribution in [0.4, 0.5) is 0 Å². The molecule has 1 N–H and O–H groups in total. The van der Waals surface area contributed by atoms with Crippen LogP contribution in [-0.4, -0.2) is 34.0 Å². The minimum absolute atomic E-state index is 0.0121. The van der Waals surface area contributed by atoms with Gasteiger partial charge in [-0.15, -0.1) is 0 Å². The Balaban J connectivity index is 1.57. The molecule has 0 radical (unpaired) electrons. The molecule has 27 heavy (non-hydrogen) atoms. The average Bonchev–Trinajstić information content (AvgIpc) is 3.16. The van der Waals surface area contributed by atoms with E-state index < -0.39 is 0 Å². The lowest BCUT2D eigenvalue weighted by molar-refractivity contribution is -0.126. The number of benzene rings is 2. The molecular weight excluding hydrogens is 364 g/mol. The number of carbonyl (C=O) groups excluding carboxylic acids is 1. The number of likely N-dealkylation sites (N-methyl/N-ethyl adjacent to an activating group) is 1. The van der Waals surface area contributed by atoms with Crippen LogP contribution < -0.4 is 5.32 Å². The van der Waals surface area contributed by atoms with Gasteiger partial charge in [0.25, 0.3) is 0 Å². The Morgan fingerprint density at radius 2 is 1.96 bits per heavy atom. The third-order valence-corrected chi connectivity index (χ3v) is 5.06. The molecule has 7 heteroatoms. The van der Waals surface area contributed by atoms with Crippen molar-refractivity contribution in [3.05, 3.63) is 70.6 Å². The van der Waals surface area contributed by atoms with Crippen molar-refractivity contribution in [3.63, 3.8) is 0 Å². The van der Waals surface area contributed by atoms with Gasteiger partial charge in [-0.3, -0.25) is 9.69 Å². The number of rotatable bonds is 4. The second-order valence-electron chi connectivity index (χ2n) is 6.53. The molecule has 6 nitrogen and oxygen atoms in total. The quantitative estimate of drug-likeness (QED) is 0.750. The molecule has 4 rings (SSSR count). The summed E-state index contributed by atoms with van der Waals surface area (Å²) in [5.41, 5.74) is 3.26. The van der Waals surface area contributed by atoms with E-state index in [-0.39, 0.29) is 11.9 Å². The number of hydrogen-bond donors (Lipinski definition) is 1. The Hall–Kier alpha value is -2.70. The summed E-state index contributed by atoms with van der Waals surface area (Å²) in [6, 6.07) is 15.2. The predicted octanol–water partition coefficient (Wildman–Crippen LogP) is 3.06. The highest BCUT2D eigenvalue weighted by molar-refractivity contribution is 6.30. The maximum absolute atomic E-state index is 12.4. The fraction of sp³-hybridized carbons (Fsp3) is 0.250. The van der Waals surface area contributed by atoms with E-state index >= 15 is 0 Å². The van der Waals surface area contributed by atoms with Crippen molar-refractivity contribution >= 4 is 17.5 Å². The molecule has 1 aliphatic rings. The normalized spacial score (nSPS) is 16.7. The number of amides is 1. The van der Waals surface area contributed by atoms with E-state index in [9.17, 15) is 4.79 Å². The molecule has 1 amide bonds. The number of hydrogen-bond acceptors (Lipinski definition) is 5. The summed E-state index contributed by atoms with van der Waals surface area (Å²) in [6.07, 6.45) is 0.661. The van der Waals surface area contributed by atoms with Crippen LogP contribution >= 0.6 is 11.6 Å². The van der Waals surface area contributed by atoms with Gasteiger partial charge in [0.05, 0.1) is 12.6 Å². The Bertz CT molecular complexity index is 955. The molecule has 2 heterocycles. The third kappa shape index (κ3) is 3.72. The fourth-order valence-corrected chi connectivity index (χ4v) is 3.50. The molecule has 0 aliphatic carbocycles. The van der Waals surface area contributed by atoms with Gasteiger partial charge in [0, 0.05) is 24.2 Å². The Morgan fingerprint density at radius 1 is 1.22 bits per heavy atom. The summed E-state index contributed by atoms with van der Waals surface area (Å²) in [5.74, 6) is 0.978. The molecule has 0 fully saturated rings. The summed E-state index contributed by atoms with van der Waals surface area (Å²) in [5, 5.41) is 7.47. The van der Waals surface area contributed by atoms with Crippen molar-refractivity contribution in [2.24, 2.45) is 0 Å². The molecule has 3 aromatic rings. The molecule has 0 bridgehead atoms. The van der Waals surface area contributed by atoms with Gasteiger partial charge in [-0.1, -0.05) is 41.0 Å². The average molecular weight is 383 g/mol. The SMILES string of the molecule is CNC(=O)C1Cc2ccccc2CN1Cc1nc(-c2ccc(Cl)cc2)no1. The number of aromatic nitrogens is 2. The molecule has 1 aliphatic heterocycles. The smallest absolute Gasteiger partial charge is 0.241 e. The van der Waals surface area contributed by atoms with Crippen molar-refractivity contribution in [3.8, 4) is 11.4 Å². The fourth-order valence-electron chi connectivity index (χ4n) is 3.38. The molecule has 1 unspecified atom stereocenters. The van der Waals surface area contributed by atoms with Crippen molar-refractivity contribution in [2.45, 2.75) is 25.6 Å². The molecule has 138 valence electrons. The largest absolute Gasteiger partial charge is 0.358 e. The van der Waals surface area contributed by atoms with E-state index in [0.29, 0.717) is 36.2 Å². The minimum atomic E-state index is -0.268. The number of halogens is 1. The van der Waals surface area contributed by atoms with E-state index in [1.807, 2.05) is 24.3 Å². The highest BCUT2D eigenvalue weighted by Gasteiger charge is 2.32. The highest BCUT2D eigenvalue weighted by Crippen LogP contribution is 2.26. The van der Waals surface area contributed by atoms with E-state index in [1.165, 1.54) is 11.1 Å². The van der Waals surface area contributed by atoms with E-state index in [0.717, 1.165) is 5.56 Å². The van der Waals surface area contributed by atoms with Crippen LogP contribution in [-0.2, 0) is 24.3 Å². The Kier molecular flexibility index (Phi) is 4.92. The summed E-state index contributed by atoms with van der Waals surface area (Å²) in [6.45, 7) is 1.07. The number of carbonyl (C=O) groups is 1. The Morgan fingerprint density at radius 3 is 2.70 bits per heavy atom. The molecule has 2 aromatic carbocycles. The zero-order valence-electron chi connectivity index (χ0n) is 14.9. The van der Waals surface area contributed by atoms with Crippen LogP contribution in [0.2, 0.25) is 5.02 Å². The van der Waals surface area contributed by atoms with Crippen LogP contribution in [0, 0.1) is 0 Å². The van der Waals surface area contributed by atoms with Gasteiger partial charge in [0.1, 0.15) is 0 Å². The first-order valence-electron chi connectivity index (χ1n) is 8.75. The van der Waals surface area contributed by atoms with Crippen LogP contribution in [0.25, 0.3) is 11.4 Å². The van der Waals surface area contributed by atoms with E-state index in [1.54, 1.807) is 19.2 Å². The summed E-state index contributed by atoms with van der Waals surface area (Å²) >= 11 is 5.93. The monoisotopic (exact) mass is 382 g/mol. The van der Waals surface area contributed by atoms with E-state index in [2.05, 4.69) is 32.5 Å². The number of nitrogens with one attached hydrogen (secondary N) is 1. The lowest BCUT2D eigenvalue weighted by atomic mass is 9.93. The second kappa shape index (κ2) is 7.50. The first-order chi connectivity index (χ1) is 13.1. The standard InChI is InChI=1S/C20H19ClN4O2/c1-22-20(26)17-10-14-4-2-3-5-15(14)11-25(17)12-18-23-19(24-27-18)13-6-8-16(21)9-7-13/h2-9,17H,10-12H2,1H3,(H,22,26). The van der Waals surface area contributed by atoms with Gasteiger partial charge in [0.15, 0.2) is 0 Å². The molecule has 0 spiro atoms. The van der Waals surface area contributed by atoms with Crippen molar-refractivity contribution in [2.75, 3.05) is 7.05 Å². The zero-order chi connectivity index (χ0) is 18.8. The molecule has 0 saturated carbocycles. The number of nitrogens with zero attached hydrogens (tertiary/aromatic N) is 3. The van der Waals surface area contributed by atoms with Gasteiger partial charge >= 0.3 is 0 Å². The predicted molar refractivity (Wildman–Crippen MR) is 102 cm³/mol. The molecule has 0 saturated heterocycles. The van der Waals surface area contributed by atoms with Gasteiger partial charge in [-0.25, -0.2) is 0 Å². The molecule has 1 aromatic heterocycles. The summed E-state index contributed by atoms with van der Waals surface area (Å²) in [4.78, 5) is 19.0. The maximum atomic E-state index is 12.4. The maximum Gasteiger partial charge on any atom is 0.241 e. The molecular formula is C20H19ClN4O2. The van der Waals surface area contributed by atoms with Gasteiger partial charge < -0.3 is 9.84 Å². The van der Waals surface area contributed by atoms with Crippen LogP contribution in [0.1, 0.15) is 17.0 Å². The van der Waals surface area contributed by atoms with Gasteiger partial charge in [-0.05, 0) is 41.8 Å². The van der Waals surface area contributed by atoms with Crippen LogP contribution in [0.5, 0.6) is 0 Å². The van der Waals surface area contributed by atoms with Crippen LogP contribution in [0.15, 0.2) is 53.1 Å². The molecule has 1 atom stereocenters. The summed E-state index contributed by atoms with van der Waals surface area (Å²) < 4.78 is 5.43. The first-order valence-corrected chi connectivity index (χ1v) is 9.13. The Labute approximate surface area is 162 Å². The first kappa shape index (κ1) is 17.7. The second-order valence-corrected chi connectivity index (χ2v) is 6.96. The minimum Gasteiger partial charge on any atom is -0.358 e. The number of fused-ring (bicyclic) bond motifs is 1.